The van der Waals surface area contributed by atoms with Gasteiger partial charge >= 0.3 is 5.97 Å². The van der Waals surface area contributed by atoms with Crippen LogP contribution in [0.2, 0.25) is 0 Å². The third-order valence-corrected chi connectivity index (χ3v) is 13.1. The van der Waals surface area contributed by atoms with Gasteiger partial charge in [-0.05, 0) is 39.3 Å². The van der Waals surface area contributed by atoms with E-state index in [-0.39, 0.29) is 27.3 Å². The zero-order chi connectivity index (χ0) is 23.2. The number of alkyl halides is 4. The summed E-state index contributed by atoms with van der Waals surface area (Å²) in [7, 11) is 0. The number of β-lactam (4-membered cyclic amide) rings is 2. The fourth-order valence-corrected chi connectivity index (χ4v) is 10.2. The number of fused-ring (bicyclic) bond motifs is 2. The number of hydrogen-bond acceptors (Lipinski definition) is 6. The van der Waals surface area contributed by atoms with Crippen LogP contribution in [0.1, 0.15) is 27.7 Å². The molecule has 2 amide bonds. The van der Waals surface area contributed by atoms with E-state index in [9.17, 15) is 19.2 Å². The minimum Gasteiger partial charge on any atom is -0.480 e. The van der Waals surface area contributed by atoms with Crippen molar-refractivity contribution in [2.24, 2.45) is 0 Å². The van der Waals surface area contributed by atoms with Crippen molar-refractivity contribution >= 4 is 122 Å². The van der Waals surface area contributed by atoms with Gasteiger partial charge in [0.25, 0.3) is 11.8 Å². The third-order valence-electron chi connectivity index (χ3n) is 5.32. The molecule has 0 aromatic heterocycles. The molecular weight excluding hydrogens is 719 g/mol. The molecule has 4 aliphatic rings. The molecule has 0 unspecified atom stereocenters. The van der Waals surface area contributed by atoms with Crippen LogP contribution in [0.25, 0.3) is 0 Å². The predicted molar refractivity (Wildman–Crippen MR) is 132 cm³/mol. The maximum absolute atomic E-state index is 11.8. The van der Waals surface area contributed by atoms with Crippen LogP contribution in [0.5, 0.6) is 0 Å². The van der Waals surface area contributed by atoms with Gasteiger partial charge in [-0.3, -0.25) is 14.4 Å². The first kappa shape index (κ1) is 25.6. The Hall–Kier alpha value is 0.990. The third kappa shape index (κ3) is 3.64. The van der Waals surface area contributed by atoms with Gasteiger partial charge in [-0.2, -0.15) is 0 Å². The summed E-state index contributed by atoms with van der Waals surface area (Å²) in [6.45, 7) is 7.53. The smallest absolute Gasteiger partial charge is 0.327 e. The summed E-state index contributed by atoms with van der Waals surface area (Å²) in [6.07, 6.45) is 0. The van der Waals surface area contributed by atoms with Crippen LogP contribution in [-0.2, 0) is 19.2 Å². The van der Waals surface area contributed by atoms with Crippen molar-refractivity contribution in [2.75, 3.05) is 0 Å². The monoisotopic (exact) mass is 732 g/mol. The molecule has 0 spiro atoms. The van der Waals surface area contributed by atoms with E-state index in [2.05, 4.69) is 63.7 Å². The molecule has 4 atom stereocenters. The summed E-state index contributed by atoms with van der Waals surface area (Å²) in [4.78, 5) is 48.9. The molecule has 4 fully saturated rings. The second-order valence-corrected chi connectivity index (χ2v) is 19.2. The van der Waals surface area contributed by atoms with Crippen molar-refractivity contribution < 1.29 is 24.3 Å². The van der Waals surface area contributed by atoms with E-state index in [4.69, 9.17) is 16.7 Å². The second-order valence-electron chi connectivity index (χ2n) is 8.27. The Labute approximate surface area is 220 Å². The van der Waals surface area contributed by atoms with Crippen molar-refractivity contribution in [2.45, 2.75) is 66.5 Å². The van der Waals surface area contributed by atoms with Crippen LogP contribution in [0.4, 0.5) is 0 Å². The maximum Gasteiger partial charge on any atom is 0.327 e. The Morgan fingerprint density at radius 1 is 0.867 bits per heavy atom. The Kier molecular flexibility index (Phi) is 6.62. The number of amides is 2. The number of aliphatic carboxylic acids is 1. The van der Waals surface area contributed by atoms with Gasteiger partial charge in [-0.1, -0.05) is 63.7 Å². The van der Waals surface area contributed by atoms with Gasteiger partial charge in [-0.25, -0.2) is 4.79 Å². The summed E-state index contributed by atoms with van der Waals surface area (Å²) in [6, 6.07) is -1.28. The first-order valence-electron chi connectivity index (χ1n) is 8.58. The highest BCUT2D eigenvalue weighted by molar-refractivity contribution is 9.26. The van der Waals surface area contributed by atoms with Gasteiger partial charge < -0.3 is 14.9 Å². The van der Waals surface area contributed by atoms with E-state index in [1.165, 1.54) is 16.7 Å². The Balaban J connectivity index is 0.000000171. The molecule has 0 bridgehead atoms. The van der Waals surface area contributed by atoms with Crippen LogP contribution in [-0.4, -0.2) is 76.7 Å². The lowest BCUT2D eigenvalue weighted by Crippen LogP contribution is -2.68. The fraction of sp³-hybridized carbons (Fsp3) is 0.750. The minimum absolute atomic E-state index is 0.0762. The summed E-state index contributed by atoms with van der Waals surface area (Å²) in [5, 5.41) is 8.42. The molecule has 0 aromatic carbocycles. The molecule has 1 N–H and O–H groups in total. The summed E-state index contributed by atoms with van der Waals surface area (Å²) in [5.41, 5.74) is 0. The Morgan fingerprint density at radius 3 is 1.53 bits per heavy atom. The normalized spacial score (nSPS) is 36.0. The number of carboxylic acids is 1. The van der Waals surface area contributed by atoms with Crippen LogP contribution in [0, 0.1) is 0 Å². The van der Waals surface area contributed by atoms with E-state index in [0.29, 0.717) is 0 Å². The summed E-state index contributed by atoms with van der Waals surface area (Å²) >= 11 is 21.8. The Morgan fingerprint density at radius 2 is 1.20 bits per heavy atom. The molecule has 4 saturated heterocycles. The Bertz CT molecular complexity index is 787. The highest BCUT2D eigenvalue weighted by atomic mass is 79.9. The van der Waals surface area contributed by atoms with Gasteiger partial charge in [0.1, 0.15) is 22.8 Å². The number of rotatable bonds is 2. The van der Waals surface area contributed by atoms with Crippen LogP contribution < -0.4 is 0 Å². The zero-order valence-corrected chi connectivity index (χ0v) is 24.7. The molecule has 0 radical (unpaired) electrons. The van der Waals surface area contributed by atoms with Crippen LogP contribution in [0.15, 0.2) is 0 Å². The number of carbonyl (C=O) groups is 4. The first-order chi connectivity index (χ1) is 13.4. The van der Waals surface area contributed by atoms with Crippen molar-refractivity contribution in [1.82, 2.24) is 9.80 Å². The molecule has 0 saturated carbocycles. The molecule has 0 aliphatic carbocycles. The summed E-state index contributed by atoms with van der Waals surface area (Å²) in [5.74, 6) is -1.29. The van der Waals surface area contributed by atoms with Gasteiger partial charge in [0, 0.05) is 9.49 Å². The van der Waals surface area contributed by atoms with Crippen molar-refractivity contribution in [1.29, 1.82) is 0 Å². The predicted octanol–water partition coefficient (Wildman–Crippen LogP) is 3.92. The SMILES string of the molecule is CC1(C)S[C@H]2N(C(=O)C2(Br)Br)[C@H]1C(=O)Cl.CC1(C)S[C@H]2N(C(=O)C2(Br)Br)[C@H]1C(=O)O. The number of nitrogens with zero attached hydrogens (tertiary/aromatic N) is 2. The molecule has 168 valence electrons. The lowest BCUT2D eigenvalue weighted by molar-refractivity contribution is -0.157. The number of halogens is 5. The van der Waals surface area contributed by atoms with Gasteiger partial charge in [0.05, 0.1) is 0 Å². The van der Waals surface area contributed by atoms with Crippen LogP contribution in [0.3, 0.4) is 0 Å². The highest BCUT2D eigenvalue weighted by Crippen LogP contribution is 2.61. The zero-order valence-electron chi connectivity index (χ0n) is 16.0. The molecule has 4 rings (SSSR count). The van der Waals surface area contributed by atoms with E-state index < -0.39 is 34.5 Å². The lowest BCUT2D eigenvalue weighted by Gasteiger charge is -2.46. The van der Waals surface area contributed by atoms with E-state index >= 15 is 0 Å². The van der Waals surface area contributed by atoms with Crippen molar-refractivity contribution in [3.05, 3.63) is 0 Å². The average Bonchev–Trinajstić information content (AvgIpc) is 3.03. The maximum atomic E-state index is 11.8. The van der Waals surface area contributed by atoms with Gasteiger partial charge in [-0.15, -0.1) is 23.5 Å². The standard InChI is InChI=1S/C8H8Br2ClNO2S.C8H9Br2NO3S/c1-7(2)3(4(11)13)12-5(14)8(9,10)6(12)15-7;1-7(2)3(4(12)13)11-5(14)8(9,10)6(11)15-7/h3,6H,1-2H3;3,6H,1-2H3,(H,12,13)/t2*3-,6+/m00/s1. The molecule has 0 aromatic rings. The quantitative estimate of drug-likeness (QED) is 0.261. The lowest BCUT2D eigenvalue weighted by atomic mass is 9.98. The van der Waals surface area contributed by atoms with Gasteiger partial charge in [0.15, 0.2) is 6.47 Å². The largest absolute Gasteiger partial charge is 0.480 e. The van der Waals surface area contributed by atoms with Gasteiger partial charge in [0.2, 0.25) is 5.24 Å². The molecule has 4 aliphatic heterocycles. The fourth-order valence-electron chi connectivity index (χ4n) is 3.93. The molecule has 4 heterocycles. The average molecular weight is 737 g/mol. The van der Waals surface area contributed by atoms with Crippen molar-refractivity contribution in [3.63, 3.8) is 0 Å². The summed E-state index contributed by atoms with van der Waals surface area (Å²) < 4.78 is -2.33. The highest BCUT2D eigenvalue weighted by Gasteiger charge is 2.70. The molecule has 14 heteroatoms. The molecule has 7 nitrogen and oxygen atoms in total. The van der Waals surface area contributed by atoms with Crippen molar-refractivity contribution in [3.8, 4) is 0 Å². The van der Waals surface area contributed by atoms with E-state index in [1.54, 1.807) is 16.7 Å². The molecular formula is C16H17Br4ClN2O5S2. The number of carboxylic acid groups (broad SMARTS) is 1. The van der Waals surface area contributed by atoms with Crippen LogP contribution >= 0.6 is 98.8 Å². The second kappa shape index (κ2) is 7.76. The van der Waals surface area contributed by atoms with E-state index in [0.717, 1.165) is 0 Å². The minimum atomic E-state index is -0.946. The van der Waals surface area contributed by atoms with E-state index in [1.807, 2.05) is 27.7 Å². The number of carbonyl (C=O) groups excluding carboxylic acids is 3. The topological polar surface area (TPSA) is 95.0 Å². The first-order valence-corrected chi connectivity index (χ1v) is 13.9. The molecule has 30 heavy (non-hydrogen) atoms. The number of thioether (sulfide) groups is 2. The number of hydrogen-bond donors (Lipinski definition) is 1.